The van der Waals surface area contributed by atoms with Crippen molar-refractivity contribution in [2.45, 2.75) is 83.4 Å². The van der Waals surface area contributed by atoms with Crippen molar-refractivity contribution in [1.82, 2.24) is 0 Å². The molecule has 1 fully saturated rings. The maximum absolute atomic E-state index is 12.9. The topological polar surface area (TPSA) is 26.0 Å². The van der Waals surface area contributed by atoms with Crippen LogP contribution in [0.1, 0.15) is 71.6 Å². The molecule has 0 radical (unpaired) electrons. The highest BCUT2D eigenvalue weighted by Gasteiger charge is 2.46. The predicted octanol–water partition coefficient (Wildman–Crippen LogP) is 5.04. The van der Waals surface area contributed by atoms with Gasteiger partial charge >= 0.3 is 6.18 Å². The van der Waals surface area contributed by atoms with Gasteiger partial charge in [0.25, 0.3) is 0 Å². The molecule has 1 aliphatic carbocycles. The van der Waals surface area contributed by atoms with Gasteiger partial charge in [-0.2, -0.15) is 13.2 Å². The SMILES string of the molecule is CCCCC(CC)CC1(N)CCCC(C(F)(F)F)C1. The van der Waals surface area contributed by atoms with Gasteiger partial charge in [0.15, 0.2) is 0 Å². The second-order valence-corrected chi connectivity index (χ2v) is 6.32. The number of unbranched alkanes of at least 4 members (excludes halogenated alkanes) is 1. The predicted molar refractivity (Wildman–Crippen MR) is 72.9 cm³/mol. The molecule has 0 aromatic heterocycles. The molecule has 2 N–H and O–H groups in total. The van der Waals surface area contributed by atoms with Gasteiger partial charge in [-0.15, -0.1) is 0 Å². The summed E-state index contributed by atoms with van der Waals surface area (Å²) in [5.74, 6) is -0.702. The summed E-state index contributed by atoms with van der Waals surface area (Å²) >= 11 is 0. The van der Waals surface area contributed by atoms with E-state index in [1.807, 2.05) is 0 Å². The highest BCUT2D eigenvalue weighted by molar-refractivity contribution is 4.94. The zero-order valence-corrected chi connectivity index (χ0v) is 12.2. The van der Waals surface area contributed by atoms with Crippen LogP contribution in [-0.4, -0.2) is 11.7 Å². The second kappa shape index (κ2) is 6.96. The summed E-state index contributed by atoms with van der Waals surface area (Å²) < 4.78 is 38.6. The van der Waals surface area contributed by atoms with E-state index in [4.69, 9.17) is 5.73 Å². The van der Waals surface area contributed by atoms with Gasteiger partial charge in [-0.25, -0.2) is 0 Å². The van der Waals surface area contributed by atoms with Crippen molar-refractivity contribution in [2.24, 2.45) is 17.6 Å². The van der Waals surface area contributed by atoms with Gasteiger partial charge in [-0.3, -0.25) is 0 Å². The fourth-order valence-electron chi connectivity index (χ4n) is 3.38. The molecule has 0 bridgehead atoms. The van der Waals surface area contributed by atoms with Gasteiger partial charge in [0.05, 0.1) is 5.92 Å². The van der Waals surface area contributed by atoms with E-state index in [-0.39, 0.29) is 12.8 Å². The van der Waals surface area contributed by atoms with Gasteiger partial charge in [0.2, 0.25) is 0 Å². The van der Waals surface area contributed by atoms with E-state index >= 15 is 0 Å². The van der Waals surface area contributed by atoms with Crippen LogP contribution < -0.4 is 5.73 Å². The fraction of sp³-hybridized carbons (Fsp3) is 1.00. The van der Waals surface area contributed by atoms with Crippen LogP contribution in [0.2, 0.25) is 0 Å². The van der Waals surface area contributed by atoms with Crippen LogP contribution in [-0.2, 0) is 0 Å². The standard InChI is InChI=1S/C15H28F3N/c1-3-5-7-12(4-2)10-14(19)9-6-8-13(11-14)15(16,17)18/h12-13H,3-11,19H2,1-2H3. The Labute approximate surface area is 115 Å². The van der Waals surface area contributed by atoms with Crippen molar-refractivity contribution in [3.05, 3.63) is 0 Å². The molecule has 0 amide bonds. The Balaban J connectivity index is 2.58. The largest absolute Gasteiger partial charge is 0.391 e. The van der Waals surface area contributed by atoms with E-state index in [2.05, 4.69) is 13.8 Å². The van der Waals surface area contributed by atoms with Gasteiger partial charge in [-0.05, 0) is 31.6 Å². The molecular weight excluding hydrogens is 251 g/mol. The summed E-state index contributed by atoms with van der Waals surface area (Å²) in [7, 11) is 0. The molecule has 19 heavy (non-hydrogen) atoms. The van der Waals surface area contributed by atoms with Crippen LogP contribution in [0.15, 0.2) is 0 Å². The third-order valence-corrected chi connectivity index (χ3v) is 4.58. The smallest absolute Gasteiger partial charge is 0.325 e. The van der Waals surface area contributed by atoms with Crippen LogP contribution in [0.25, 0.3) is 0 Å². The van der Waals surface area contributed by atoms with E-state index in [0.29, 0.717) is 12.3 Å². The van der Waals surface area contributed by atoms with Gasteiger partial charge in [0.1, 0.15) is 0 Å². The summed E-state index contributed by atoms with van der Waals surface area (Å²) in [6.07, 6.45) is 2.85. The molecule has 0 spiro atoms. The van der Waals surface area contributed by atoms with E-state index in [1.54, 1.807) is 0 Å². The number of alkyl halides is 3. The van der Waals surface area contributed by atoms with Crippen molar-refractivity contribution in [3.8, 4) is 0 Å². The maximum atomic E-state index is 12.9. The number of halogens is 3. The Morgan fingerprint density at radius 2 is 2.00 bits per heavy atom. The van der Waals surface area contributed by atoms with Crippen LogP contribution in [0.3, 0.4) is 0 Å². The Kier molecular flexibility index (Phi) is 6.15. The molecule has 0 heterocycles. The summed E-state index contributed by atoms with van der Waals surface area (Å²) in [6, 6.07) is 0. The second-order valence-electron chi connectivity index (χ2n) is 6.32. The third-order valence-electron chi connectivity index (χ3n) is 4.58. The third kappa shape index (κ3) is 5.33. The van der Waals surface area contributed by atoms with Crippen molar-refractivity contribution >= 4 is 0 Å². The monoisotopic (exact) mass is 279 g/mol. The minimum Gasteiger partial charge on any atom is -0.325 e. The average Bonchev–Trinajstić information content (AvgIpc) is 2.33. The zero-order chi connectivity index (χ0) is 14.5. The van der Waals surface area contributed by atoms with Crippen LogP contribution >= 0.6 is 0 Å². The first kappa shape index (κ1) is 16.8. The normalized spacial score (nSPS) is 30.3. The molecule has 4 heteroatoms. The Bertz CT molecular complexity index is 265. The van der Waals surface area contributed by atoms with E-state index in [1.165, 1.54) is 0 Å². The summed E-state index contributed by atoms with van der Waals surface area (Å²) in [6.45, 7) is 4.26. The van der Waals surface area contributed by atoms with Gasteiger partial charge in [0, 0.05) is 5.54 Å². The molecule has 1 saturated carbocycles. The minimum atomic E-state index is -4.07. The molecule has 1 rings (SSSR count). The van der Waals surface area contributed by atoms with Crippen LogP contribution in [0, 0.1) is 11.8 Å². The van der Waals surface area contributed by atoms with E-state index < -0.39 is 17.6 Å². The summed E-state index contributed by atoms with van der Waals surface area (Å²) in [5, 5.41) is 0. The van der Waals surface area contributed by atoms with Crippen LogP contribution in [0.5, 0.6) is 0 Å². The maximum Gasteiger partial charge on any atom is 0.391 e. The lowest BCUT2D eigenvalue weighted by Gasteiger charge is -2.40. The molecule has 3 atom stereocenters. The molecule has 0 aromatic carbocycles. The van der Waals surface area contributed by atoms with Gasteiger partial charge < -0.3 is 5.73 Å². The lowest BCUT2D eigenvalue weighted by atomic mass is 9.71. The van der Waals surface area contributed by atoms with Crippen molar-refractivity contribution in [1.29, 1.82) is 0 Å². The zero-order valence-electron chi connectivity index (χ0n) is 12.2. The number of hydrogen-bond acceptors (Lipinski definition) is 1. The molecule has 3 unspecified atom stereocenters. The van der Waals surface area contributed by atoms with E-state index in [0.717, 1.165) is 38.5 Å². The highest BCUT2D eigenvalue weighted by Crippen LogP contribution is 2.43. The highest BCUT2D eigenvalue weighted by atomic mass is 19.4. The molecular formula is C15H28F3N. The van der Waals surface area contributed by atoms with Crippen LogP contribution in [0.4, 0.5) is 13.2 Å². The number of rotatable bonds is 6. The lowest BCUT2D eigenvalue weighted by molar-refractivity contribution is -0.187. The first-order valence-electron chi connectivity index (χ1n) is 7.66. The van der Waals surface area contributed by atoms with Crippen molar-refractivity contribution < 1.29 is 13.2 Å². The minimum absolute atomic E-state index is 0.124. The van der Waals surface area contributed by atoms with E-state index in [9.17, 15) is 13.2 Å². The molecule has 1 nitrogen and oxygen atoms in total. The average molecular weight is 279 g/mol. The summed E-state index contributed by atoms with van der Waals surface area (Å²) in [5.41, 5.74) is 5.70. The first-order chi connectivity index (χ1) is 8.80. The Morgan fingerprint density at radius 1 is 1.32 bits per heavy atom. The molecule has 114 valence electrons. The fourth-order valence-corrected chi connectivity index (χ4v) is 3.38. The quantitative estimate of drug-likeness (QED) is 0.724. The summed E-state index contributed by atoms with van der Waals surface area (Å²) in [4.78, 5) is 0. The number of hydrogen-bond donors (Lipinski definition) is 1. The van der Waals surface area contributed by atoms with Gasteiger partial charge in [-0.1, -0.05) is 46.0 Å². The molecule has 1 aliphatic rings. The molecule has 0 aromatic rings. The molecule has 0 saturated heterocycles. The Morgan fingerprint density at radius 3 is 2.53 bits per heavy atom. The molecule has 0 aliphatic heterocycles. The lowest BCUT2D eigenvalue weighted by Crippen LogP contribution is -2.48. The Hall–Kier alpha value is -0.250. The van der Waals surface area contributed by atoms with Crippen molar-refractivity contribution in [3.63, 3.8) is 0 Å². The first-order valence-corrected chi connectivity index (χ1v) is 7.66. The van der Waals surface area contributed by atoms with Crippen molar-refractivity contribution in [2.75, 3.05) is 0 Å². The number of nitrogens with two attached hydrogens (primary N) is 1.